The predicted octanol–water partition coefficient (Wildman–Crippen LogP) is 4.09. The van der Waals surface area contributed by atoms with Crippen LogP contribution in [0.4, 0.5) is 0 Å². The molecule has 0 radical (unpaired) electrons. The van der Waals surface area contributed by atoms with E-state index in [9.17, 15) is 9.59 Å². The zero-order valence-corrected chi connectivity index (χ0v) is 17.3. The average molecular weight is 414 g/mol. The van der Waals surface area contributed by atoms with Crippen LogP contribution in [0.3, 0.4) is 0 Å². The third kappa shape index (κ3) is 5.35. The number of hydrogen-bond donors (Lipinski definition) is 1. The van der Waals surface area contributed by atoms with Gasteiger partial charge in [0, 0.05) is 18.0 Å². The van der Waals surface area contributed by atoms with Crippen LogP contribution < -0.4 is 10.3 Å². The van der Waals surface area contributed by atoms with Gasteiger partial charge in [-0.05, 0) is 56.2 Å². The number of nitrogens with zero attached hydrogens (tertiary/aromatic N) is 2. The average Bonchev–Trinajstić information content (AvgIpc) is 2.70. The summed E-state index contributed by atoms with van der Waals surface area (Å²) in [6.07, 6.45) is 0.956. The fourth-order valence-corrected chi connectivity index (χ4v) is 3.33. The van der Waals surface area contributed by atoms with Gasteiger partial charge in [0.2, 0.25) is 5.91 Å². The van der Waals surface area contributed by atoms with Crippen molar-refractivity contribution >= 4 is 28.4 Å². The van der Waals surface area contributed by atoms with Gasteiger partial charge in [0.25, 0.3) is 5.56 Å². The van der Waals surface area contributed by atoms with Gasteiger partial charge >= 0.3 is 0 Å². The highest BCUT2D eigenvalue weighted by molar-refractivity contribution is 6.30. The number of benzene rings is 2. The maximum atomic E-state index is 12.6. The number of H-pyrrole nitrogens is 1. The van der Waals surface area contributed by atoms with E-state index in [0.717, 1.165) is 11.3 Å². The number of rotatable bonds is 8. The van der Waals surface area contributed by atoms with Gasteiger partial charge in [-0.25, -0.2) is 4.98 Å². The molecule has 0 spiro atoms. The number of aromatic nitrogens is 2. The summed E-state index contributed by atoms with van der Waals surface area (Å²) in [6.45, 7) is 5.09. The lowest BCUT2D eigenvalue weighted by Gasteiger charge is -2.20. The molecule has 3 rings (SSSR count). The summed E-state index contributed by atoms with van der Waals surface area (Å²) < 4.78 is 5.75. The van der Waals surface area contributed by atoms with Gasteiger partial charge in [-0.3, -0.25) is 9.59 Å². The number of aromatic amines is 1. The molecule has 0 saturated heterocycles. The van der Waals surface area contributed by atoms with Gasteiger partial charge in [-0.1, -0.05) is 23.7 Å². The Bertz CT molecular complexity index is 1060. The fourth-order valence-electron chi connectivity index (χ4n) is 3.11. The molecule has 7 heteroatoms. The minimum atomic E-state index is -0.194. The van der Waals surface area contributed by atoms with Gasteiger partial charge in [0.05, 0.1) is 24.1 Å². The summed E-state index contributed by atoms with van der Waals surface area (Å²) in [5.41, 5.74) is 1.40. The third-order valence-corrected chi connectivity index (χ3v) is 4.90. The molecule has 29 heavy (non-hydrogen) atoms. The number of fused-ring (bicyclic) bond motifs is 1. The smallest absolute Gasteiger partial charge is 0.258 e. The Morgan fingerprint density at radius 2 is 2.03 bits per heavy atom. The maximum absolute atomic E-state index is 12.6. The predicted molar refractivity (Wildman–Crippen MR) is 114 cm³/mol. The lowest BCUT2D eigenvalue weighted by atomic mass is 10.2. The van der Waals surface area contributed by atoms with Crippen molar-refractivity contribution in [2.75, 3.05) is 13.2 Å². The van der Waals surface area contributed by atoms with Crippen molar-refractivity contribution in [3.8, 4) is 5.75 Å². The van der Waals surface area contributed by atoms with Gasteiger partial charge in [0.1, 0.15) is 11.6 Å². The highest BCUT2D eigenvalue weighted by atomic mass is 35.5. The first-order valence-electron chi connectivity index (χ1n) is 9.62. The first kappa shape index (κ1) is 20.9. The summed E-state index contributed by atoms with van der Waals surface area (Å²) >= 11 is 5.95. The molecule has 0 fully saturated rings. The molecule has 2 aromatic carbocycles. The van der Waals surface area contributed by atoms with Crippen LogP contribution in [0.5, 0.6) is 5.75 Å². The molecule has 1 N–H and O–H groups in total. The molecule has 152 valence electrons. The van der Waals surface area contributed by atoms with Crippen molar-refractivity contribution in [3.05, 3.63) is 69.2 Å². The number of carbonyl (C=O) groups is 1. The van der Waals surface area contributed by atoms with E-state index < -0.39 is 0 Å². The lowest BCUT2D eigenvalue weighted by molar-refractivity contribution is -0.131. The van der Waals surface area contributed by atoms with Crippen LogP contribution in [0, 0.1) is 6.92 Å². The van der Waals surface area contributed by atoms with Crippen LogP contribution in [0.1, 0.15) is 31.2 Å². The number of halogens is 1. The SMILES string of the molecule is CCN(Cc1nc2ccccc2c(=O)[nH]1)C(=O)CCCOc1ccc(Cl)cc1C. The molecule has 1 amide bonds. The van der Waals surface area contributed by atoms with E-state index in [0.29, 0.717) is 47.7 Å². The van der Waals surface area contributed by atoms with E-state index in [1.165, 1.54) is 0 Å². The molecule has 1 aromatic heterocycles. The van der Waals surface area contributed by atoms with Crippen molar-refractivity contribution in [1.29, 1.82) is 0 Å². The Morgan fingerprint density at radius 3 is 2.79 bits per heavy atom. The third-order valence-electron chi connectivity index (χ3n) is 4.67. The van der Waals surface area contributed by atoms with Crippen LogP contribution in [-0.2, 0) is 11.3 Å². The van der Waals surface area contributed by atoms with E-state index in [1.54, 1.807) is 29.2 Å². The lowest BCUT2D eigenvalue weighted by Crippen LogP contribution is -2.32. The molecule has 3 aromatic rings. The molecule has 0 saturated carbocycles. The van der Waals surface area contributed by atoms with Crippen molar-refractivity contribution < 1.29 is 9.53 Å². The summed E-state index contributed by atoms with van der Waals surface area (Å²) in [5, 5.41) is 1.21. The molecule has 0 aliphatic heterocycles. The van der Waals surface area contributed by atoms with Crippen molar-refractivity contribution in [3.63, 3.8) is 0 Å². The Balaban J connectivity index is 1.56. The van der Waals surface area contributed by atoms with Crippen molar-refractivity contribution in [2.45, 2.75) is 33.2 Å². The quantitative estimate of drug-likeness (QED) is 0.564. The van der Waals surface area contributed by atoms with Crippen molar-refractivity contribution in [1.82, 2.24) is 14.9 Å². The molecule has 6 nitrogen and oxygen atoms in total. The number of ether oxygens (including phenoxy) is 1. The molecule has 0 atom stereocenters. The monoisotopic (exact) mass is 413 g/mol. The van der Waals surface area contributed by atoms with Gasteiger partial charge in [-0.15, -0.1) is 0 Å². The largest absolute Gasteiger partial charge is 0.493 e. The Kier molecular flexibility index (Phi) is 6.88. The minimum absolute atomic E-state index is 0.000245. The topological polar surface area (TPSA) is 75.3 Å². The number of carbonyl (C=O) groups excluding carboxylic acids is 1. The summed E-state index contributed by atoms with van der Waals surface area (Å²) in [4.78, 5) is 33.7. The molecule has 0 aliphatic carbocycles. The normalized spacial score (nSPS) is 10.9. The van der Waals surface area contributed by atoms with Crippen molar-refractivity contribution in [2.24, 2.45) is 0 Å². The summed E-state index contributed by atoms with van der Waals surface area (Å²) in [7, 11) is 0. The Morgan fingerprint density at radius 1 is 1.24 bits per heavy atom. The minimum Gasteiger partial charge on any atom is -0.493 e. The number of aryl methyl sites for hydroxylation is 1. The molecule has 0 unspecified atom stereocenters. The number of nitrogens with one attached hydrogen (secondary N) is 1. The van der Waals surface area contributed by atoms with E-state index in [-0.39, 0.29) is 18.0 Å². The molecule has 1 heterocycles. The molecule has 0 aliphatic rings. The zero-order valence-electron chi connectivity index (χ0n) is 16.6. The zero-order chi connectivity index (χ0) is 20.8. The first-order valence-corrected chi connectivity index (χ1v) is 10.0. The standard InChI is InChI=1S/C22H24ClN3O3/c1-3-26(14-20-24-18-8-5-4-7-17(18)22(28)25-20)21(27)9-6-12-29-19-11-10-16(23)13-15(19)2/h4-5,7-8,10-11,13H,3,6,9,12,14H2,1-2H3,(H,24,25,28). The second kappa shape index (κ2) is 9.56. The maximum Gasteiger partial charge on any atom is 0.258 e. The molecule has 0 bridgehead atoms. The fraction of sp³-hybridized carbons (Fsp3) is 0.318. The number of para-hydroxylation sites is 1. The summed E-state index contributed by atoms with van der Waals surface area (Å²) in [6, 6.07) is 12.6. The number of amides is 1. The highest BCUT2D eigenvalue weighted by Crippen LogP contribution is 2.22. The highest BCUT2D eigenvalue weighted by Gasteiger charge is 2.14. The van der Waals surface area contributed by atoms with Crippen LogP contribution in [0.2, 0.25) is 5.02 Å². The molecular weight excluding hydrogens is 390 g/mol. The van der Waals surface area contributed by atoms with Crippen LogP contribution >= 0.6 is 11.6 Å². The second-order valence-corrected chi connectivity index (χ2v) is 7.24. The van der Waals surface area contributed by atoms with Gasteiger partial charge in [0.15, 0.2) is 0 Å². The first-order chi connectivity index (χ1) is 14.0. The molecular formula is C22H24ClN3O3. The Labute approximate surface area is 174 Å². The Hall–Kier alpha value is -2.86. The number of hydrogen-bond acceptors (Lipinski definition) is 4. The van der Waals surface area contributed by atoms with E-state index >= 15 is 0 Å². The van der Waals surface area contributed by atoms with E-state index in [4.69, 9.17) is 16.3 Å². The van der Waals surface area contributed by atoms with Crippen LogP contribution in [-0.4, -0.2) is 33.9 Å². The second-order valence-electron chi connectivity index (χ2n) is 6.80. The van der Waals surface area contributed by atoms with Gasteiger partial charge < -0.3 is 14.6 Å². The van der Waals surface area contributed by atoms with Crippen LogP contribution in [0.25, 0.3) is 10.9 Å². The summed E-state index contributed by atoms with van der Waals surface area (Å²) in [5.74, 6) is 1.25. The van der Waals surface area contributed by atoms with Gasteiger partial charge in [-0.2, -0.15) is 0 Å². The van der Waals surface area contributed by atoms with Crippen LogP contribution in [0.15, 0.2) is 47.3 Å². The van der Waals surface area contributed by atoms with E-state index in [2.05, 4.69) is 9.97 Å². The van der Waals surface area contributed by atoms with E-state index in [1.807, 2.05) is 32.0 Å².